The van der Waals surface area contributed by atoms with E-state index in [1.54, 1.807) is 23.8 Å². The monoisotopic (exact) mass is 320 g/mol. The number of thioether (sulfide) groups is 1. The molecule has 2 saturated heterocycles. The van der Waals surface area contributed by atoms with Crippen LogP contribution in [0.2, 0.25) is 0 Å². The number of carbonyl (C=O) groups is 2. The fraction of sp³-hybridized carbons (Fsp3) is 0.500. The van der Waals surface area contributed by atoms with Gasteiger partial charge in [-0.3, -0.25) is 9.59 Å². The fourth-order valence-corrected chi connectivity index (χ4v) is 4.59. The molecule has 1 aromatic carbocycles. The Hall–Kier alpha value is -1.53. The minimum Gasteiger partial charge on any atom is -0.380 e. The van der Waals surface area contributed by atoms with Gasteiger partial charge in [0.2, 0.25) is 11.8 Å². The van der Waals surface area contributed by atoms with Gasteiger partial charge in [0, 0.05) is 30.5 Å². The molecule has 6 heteroatoms. The van der Waals surface area contributed by atoms with Crippen molar-refractivity contribution < 1.29 is 14.3 Å². The van der Waals surface area contributed by atoms with Gasteiger partial charge in [-0.15, -0.1) is 11.8 Å². The van der Waals surface area contributed by atoms with Gasteiger partial charge in [0.15, 0.2) is 0 Å². The van der Waals surface area contributed by atoms with Crippen molar-refractivity contribution >= 4 is 29.3 Å². The Bertz CT molecular complexity index is 607. The topological polar surface area (TPSA) is 58.6 Å². The first kappa shape index (κ1) is 15.4. The second kappa shape index (κ2) is 5.93. The number of carbonyl (C=O) groups excluding carboxylic acids is 2. The number of fused-ring (bicyclic) bond motifs is 1. The third kappa shape index (κ3) is 2.61. The molecular weight excluding hydrogens is 300 g/mol. The van der Waals surface area contributed by atoms with E-state index < -0.39 is 0 Å². The Morgan fingerprint density at radius 2 is 2.27 bits per heavy atom. The molecule has 0 aromatic heterocycles. The molecule has 2 aliphatic rings. The van der Waals surface area contributed by atoms with Crippen molar-refractivity contribution in [2.45, 2.75) is 37.3 Å². The summed E-state index contributed by atoms with van der Waals surface area (Å²) in [6.45, 7) is 2.49. The molecule has 0 bridgehead atoms. The van der Waals surface area contributed by atoms with E-state index in [2.05, 4.69) is 12.2 Å². The van der Waals surface area contributed by atoms with Crippen LogP contribution in [-0.2, 0) is 20.9 Å². The van der Waals surface area contributed by atoms with E-state index in [4.69, 9.17) is 4.74 Å². The van der Waals surface area contributed by atoms with E-state index in [9.17, 15) is 9.59 Å². The Morgan fingerprint density at radius 3 is 3.05 bits per heavy atom. The number of benzene rings is 1. The standard InChI is InChI=1S/C16H20N2O3S/c1-16-8-7-14(19)18(16)13(10-22-16)15(20)17-12-6-4-3-5-11(12)9-21-2/h3-6,13H,7-10H2,1-2H3,(H,17,20)/t13-,16+/m1/s1. The van der Waals surface area contributed by atoms with Crippen molar-refractivity contribution in [2.75, 3.05) is 18.2 Å². The van der Waals surface area contributed by atoms with Crippen LogP contribution in [0.5, 0.6) is 0 Å². The number of nitrogens with zero attached hydrogens (tertiary/aromatic N) is 1. The van der Waals surface area contributed by atoms with E-state index in [0.29, 0.717) is 18.8 Å². The number of amides is 2. The molecule has 22 heavy (non-hydrogen) atoms. The summed E-state index contributed by atoms with van der Waals surface area (Å²) in [5.41, 5.74) is 1.68. The minimum atomic E-state index is -0.388. The van der Waals surface area contributed by atoms with Crippen LogP contribution in [0.15, 0.2) is 24.3 Å². The van der Waals surface area contributed by atoms with Crippen LogP contribution in [0.1, 0.15) is 25.3 Å². The van der Waals surface area contributed by atoms with Crippen molar-refractivity contribution in [3.63, 3.8) is 0 Å². The molecule has 118 valence electrons. The van der Waals surface area contributed by atoms with E-state index in [0.717, 1.165) is 17.7 Å². The summed E-state index contributed by atoms with van der Waals surface area (Å²) in [5, 5.41) is 2.96. The molecule has 0 aliphatic carbocycles. The number of ether oxygens (including phenoxy) is 1. The molecule has 1 aromatic rings. The second-order valence-electron chi connectivity index (χ2n) is 5.84. The average Bonchev–Trinajstić information content (AvgIpc) is 2.98. The summed E-state index contributed by atoms with van der Waals surface area (Å²) >= 11 is 1.70. The number of anilines is 1. The second-order valence-corrected chi connectivity index (χ2v) is 7.35. The number of hydrogen-bond donors (Lipinski definition) is 1. The molecule has 0 spiro atoms. The smallest absolute Gasteiger partial charge is 0.248 e. The number of rotatable bonds is 4. The molecule has 5 nitrogen and oxygen atoms in total. The van der Waals surface area contributed by atoms with Gasteiger partial charge in [-0.05, 0) is 19.4 Å². The summed E-state index contributed by atoms with van der Waals surface area (Å²) < 4.78 is 5.16. The Balaban J connectivity index is 1.77. The molecule has 3 rings (SSSR count). The normalized spacial score (nSPS) is 27.1. The first-order valence-corrected chi connectivity index (χ1v) is 8.37. The van der Waals surface area contributed by atoms with Gasteiger partial charge in [-0.1, -0.05) is 18.2 Å². The number of nitrogens with one attached hydrogen (secondary N) is 1. The lowest BCUT2D eigenvalue weighted by Gasteiger charge is -2.30. The van der Waals surface area contributed by atoms with Crippen molar-refractivity contribution in [3.8, 4) is 0 Å². The third-order valence-electron chi connectivity index (χ3n) is 4.32. The number of hydrogen-bond acceptors (Lipinski definition) is 4. The number of methoxy groups -OCH3 is 1. The average molecular weight is 320 g/mol. The molecular formula is C16H20N2O3S. The summed E-state index contributed by atoms with van der Waals surface area (Å²) in [5.74, 6) is 0.619. The zero-order valence-electron chi connectivity index (χ0n) is 12.8. The highest BCUT2D eigenvalue weighted by molar-refractivity contribution is 8.01. The van der Waals surface area contributed by atoms with Crippen LogP contribution in [-0.4, -0.2) is 40.5 Å². The van der Waals surface area contributed by atoms with E-state index >= 15 is 0 Å². The number of para-hydroxylation sites is 1. The van der Waals surface area contributed by atoms with Gasteiger partial charge in [-0.2, -0.15) is 0 Å². The first-order valence-electron chi connectivity index (χ1n) is 7.39. The zero-order valence-corrected chi connectivity index (χ0v) is 13.6. The highest BCUT2D eigenvalue weighted by Gasteiger charge is 2.52. The maximum atomic E-state index is 12.6. The molecule has 0 unspecified atom stereocenters. The predicted molar refractivity (Wildman–Crippen MR) is 86.5 cm³/mol. The molecule has 1 N–H and O–H groups in total. The molecule has 2 aliphatic heterocycles. The van der Waals surface area contributed by atoms with E-state index in [1.165, 1.54) is 0 Å². The maximum Gasteiger partial charge on any atom is 0.248 e. The van der Waals surface area contributed by atoms with E-state index in [-0.39, 0.29) is 22.7 Å². The summed E-state index contributed by atoms with van der Waals surface area (Å²) in [6.07, 6.45) is 1.36. The highest BCUT2D eigenvalue weighted by Crippen LogP contribution is 2.47. The zero-order chi connectivity index (χ0) is 15.7. The van der Waals surface area contributed by atoms with Crippen molar-refractivity contribution in [1.82, 2.24) is 4.90 Å². The highest BCUT2D eigenvalue weighted by atomic mass is 32.2. The van der Waals surface area contributed by atoms with Crippen LogP contribution in [0, 0.1) is 0 Å². The van der Waals surface area contributed by atoms with Crippen LogP contribution >= 0.6 is 11.8 Å². The van der Waals surface area contributed by atoms with Gasteiger partial charge < -0.3 is 15.0 Å². The largest absolute Gasteiger partial charge is 0.380 e. The quantitative estimate of drug-likeness (QED) is 0.924. The molecule has 2 amide bonds. The first-order chi connectivity index (χ1) is 10.5. The van der Waals surface area contributed by atoms with E-state index in [1.807, 2.05) is 24.3 Å². The lowest BCUT2D eigenvalue weighted by atomic mass is 10.1. The summed E-state index contributed by atoms with van der Waals surface area (Å²) in [7, 11) is 1.63. The van der Waals surface area contributed by atoms with Crippen LogP contribution < -0.4 is 5.32 Å². The maximum absolute atomic E-state index is 12.6. The van der Waals surface area contributed by atoms with Gasteiger partial charge in [-0.25, -0.2) is 0 Å². The SMILES string of the molecule is COCc1ccccc1NC(=O)[C@H]1CS[C@@]2(C)CCC(=O)N12. The van der Waals surface area contributed by atoms with Crippen molar-refractivity contribution in [3.05, 3.63) is 29.8 Å². The minimum absolute atomic E-state index is 0.0813. The summed E-state index contributed by atoms with van der Waals surface area (Å²) in [4.78, 5) is 26.3. The van der Waals surface area contributed by atoms with Crippen molar-refractivity contribution in [1.29, 1.82) is 0 Å². The summed E-state index contributed by atoms with van der Waals surface area (Å²) in [6, 6.07) is 7.19. The van der Waals surface area contributed by atoms with Gasteiger partial charge in [0.25, 0.3) is 0 Å². The molecule has 2 heterocycles. The lowest BCUT2D eigenvalue weighted by molar-refractivity contribution is -0.135. The van der Waals surface area contributed by atoms with Gasteiger partial charge in [0.05, 0.1) is 11.5 Å². The molecule has 0 saturated carbocycles. The molecule has 2 atom stereocenters. The van der Waals surface area contributed by atoms with Crippen molar-refractivity contribution in [2.24, 2.45) is 0 Å². The van der Waals surface area contributed by atoms with Gasteiger partial charge in [0.1, 0.15) is 6.04 Å². The van der Waals surface area contributed by atoms with Gasteiger partial charge >= 0.3 is 0 Å². The molecule has 2 fully saturated rings. The van der Waals surface area contributed by atoms with Crippen LogP contribution in [0.25, 0.3) is 0 Å². The van der Waals surface area contributed by atoms with Crippen LogP contribution in [0.4, 0.5) is 5.69 Å². The van der Waals surface area contributed by atoms with Crippen LogP contribution in [0.3, 0.4) is 0 Å². The third-order valence-corrected chi connectivity index (χ3v) is 5.83. The Labute approximate surface area is 134 Å². The Kier molecular flexibility index (Phi) is 4.14. The Morgan fingerprint density at radius 1 is 1.50 bits per heavy atom. The molecule has 0 radical (unpaired) electrons. The lowest BCUT2D eigenvalue weighted by Crippen LogP contribution is -2.48. The fourth-order valence-electron chi connectivity index (χ4n) is 3.15. The predicted octanol–water partition coefficient (Wildman–Crippen LogP) is 2.23.